The van der Waals surface area contributed by atoms with Crippen molar-refractivity contribution in [3.05, 3.63) is 61.5 Å². The van der Waals surface area contributed by atoms with Crippen molar-refractivity contribution in [3.63, 3.8) is 0 Å². The van der Waals surface area contributed by atoms with Crippen molar-refractivity contribution < 1.29 is 4.79 Å². The first kappa shape index (κ1) is 19.4. The van der Waals surface area contributed by atoms with E-state index in [1.54, 1.807) is 11.3 Å². The van der Waals surface area contributed by atoms with Gasteiger partial charge >= 0.3 is 0 Å². The summed E-state index contributed by atoms with van der Waals surface area (Å²) in [5.74, 6) is 1.39. The van der Waals surface area contributed by atoms with Crippen LogP contribution in [0.1, 0.15) is 29.3 Å². The normalized spacial score (nSPS) is 16.1. The minimum Gasteiger partial charge on any atom is -0.322 e. The summed E-state index contributed by atoms with van der Waals surface area (Å²) in [7, 11) is 0. The zero-order valence-electron chi connectivity index (χ0n) is 15.5. The van der Waals surface area contributed by atoms with Crippen molar-refractivity contribution >= 4 is 51.4 Å². The van der Waals surface area contributed by atoms with E-state index in [9.17, 15) is 9.59 Å². The average molecular weight is 432 g/mol. The van der Waals surface area contributed by atoms with E-state index < -0.39 is 0 Å². The summed E-state index contributed by atoms with van der Waals surface area (Å²) >= 11 is 8.45. The van der Waals surface area contributed by atoms with Crippen molar-refractivity contribution in [2.75, 3.05) is 11.2 Å². The molecule has 1 atom stereocenters. The van der Waals surface area contributed by atoms with Crippen LogP contribution in [0.25, 0.3) is 10.2 Å². The van der Waals surface area contributed by atoms with E-state index in [-0.39, 0.29) is 22.0 Å². The van der Waals surface area contributed by atoms with Crippen LogP contribution in [0.5, 0.6) is 0 Å². The molecule has 0 spiro atoms. The third-order valence-electron chi connectivity index (χ3n) is 4.93. The van der Waals surface area contributed by atoms with Gasteiger partial charge in [-0.1, -0.05) is 37.3 Å². The van der Waals surface area contributed by atoms with Gasteiger partial charge in [0.25, 0.3) is 5.56 Å². The largest absolute Gasteiger partial charge is 0.322 e. The van der Waals surface area contributed by atoms with E-state index in [0.717, 1.165) is 41.0 Å². The number of H-pyrrole nitrogens is 1. The molecule has 0 bridgehead atoms. The van der Waals surface area contributed by atoms with E-state index in [0.29, 0.717) is 11.3 Å². The van der Waals surface area contributed by atoms with Crippen LogP contribution in [0.2, 0.25) is 0 Å². The molecule has 0 fully saturated rings. The number of benzene rings is 1. The number of hydrogen-bond acceptors (Lipinski definition) is 5. The Balaban J connectivity index is 1.53. The first-order valence-corrected chi connectivity index (χ1v) is 11.6. The van der Waals surface area contributed by atoms with Crippen LogP contribution >= 0.6 is 35.3 Å². The number of hydrogen-bond donors (Lipinski definition) is 2. The predicted molar refractivity (Wildman–Crippen MR) is 119 cm³/mol. The molecule has 5 nitrogen and oxygen atoms in total. The highest BCUT2D eigenvalue weighted by atomic mass is 32.2. The minimum atomic E-state index is -0.236. The van der Waals surface area contributed by atoms with Gasteiger partial charge in [-0.2, -0.15) is 4.68 Å². The number of fused-ring (bicyclic) bond motifs is 3. The second kappa shape index (κ2) is 8.23. The van der Waals surface area contributed by atoms with Gasteiger partial charge in [-0.3, -0.25) is 15.0 Å². The smallest absolute Gasteiger partial charge is 0.282 e. The first-order chi connectivity index (χ1) is 13.5. The Bertz CT molecular complexity index is 1130. The Morgan fingerprint density at radius 2 is 2.18 bits per heavy atom. The first-order valence-electron chi connectivity index (χ1n) is 9.24. The number of nitrogens with one attached hydrogen (secondary N) is 2. The van der Waals surface area contributed by atoms with E-state index in [1.165, 1.54) is 21.3 Å². The number of aromatic amines is 1. The topological polar surface area (TPSA) is 66.9 Å². The van der Waals surface area contributed by atoms with Crippen LogP contribution in [0.15, 0.2) is 35.1 Å². The summed E-state index contributed by atoms with van der Waals surface area (Å²) < 4.78 is 1.42. The van der Waals surface area contributed by atoms with Crippen molar-refractivity contribution in [1.29, 1.82) is 0 Å². The molecule has 2 aromatic heterocycles. The van der Waals surface area contributed by atoms with Gasteiger partial charge in [0.2, 0.25) is 10.7 Å². The standard InChI is InChI=1S/C20H21N3O2S3/c1-12-7-8-14-15(9-12)28-18-17(14)19(25)23(20(26)21-18)22-16(24)11-27-10-13-5-3-2-4-6-13/h2-6,12H,7-11H2,1H3,(H,21,26)(H,22,24)/t12-/m0/s1. The third kappa shape index (κ3) is 3.94. The molecule has 0 saturated heterocycles. The molecule has 2 N–H and O–H groups in total. The van der Waals surface area contributed by atoms with Crippen molar-refractivity contribution in [2.45, 2.75) is 31.9 Å². The quantitative estimate of drug-likeness (QED) is 0.593. The maximum atomic E-state index is 13.1. The Morgan fingerprint density at radius 3 is 2.96 bits per heavy atom. The lowest BCUT2D eigenvalue weighted by Crippen LogP contribution is -2.35. The highest BCUT2D eigenvalue weighted by Gasteiger charge is 2.23. The molecule has 0 unspecified atom stereocenters. The van der Waals surface area contributed by atoms with E-state index in [4.69, 9.17) is 12.2 Å². The van der Waals surface area contributed by atoms with E-state index in [1.807, 2.05) is 30.3 Å². The molecule has 0 saturated carbocycles. The number of rotatable bonds is 5. The van der Waals surface area contributed by atoms with Gasteiger partial charge in [0.05, 0.1) is 11.1 Å². The van der Waals surface area contributed by atoms with Gasteiger partial charge in [-0.05, 0) is 48.5 Å². The second-order valence-electron chi connectivity index (χ2n) is 7.14. The Labute approximate surface area is 176 Å². The zero-order chi connectivity index (χ0) is 19.7. The minimum absolute atomic E-state index is 0.227. The van der Waals surface area contributed by atoms with Crippen LogP contribution in [0.4, 0.5) is 0 Å². The number of aryl methyl sites for hydroxylation is 1. The molecular formula is C20H21N3O2S3. The molecule has 1 aromatic carbocycles. The predicted octanol–water partition coefficient (Wildman–Crippen LogP) is 4.25. The fourth-order valence-electron chi connectivity index (χ4n) is 3.52. The third-order valence-corrected chi connectivity index (χ3v) is 7.39. The number of thioether (sulfide) groups is 1. The van der Waals surface area contributed by atoms with Gasteiger partial charge in [0, 0.05) is 10.6 Å². The maximum Gasteiger partial charge on any atom is 0.282 e. The SMILES string of the molecule is C[C@H]1CCc2c(sc3[nH]c(=S)n(NC(=O)CSCc4ccccc4)c(=O)c23)C1. The molecule has 1 aliphatic carbocycles. The number of thiophene rings is 1. The van der Waals surface area contributed by atoms with Crippen LogP contribution in [-0.4, -0.2) is 21.3 Å². The fraction of sp³-hybridized carbons (Fsp3) is 0.350. The molecule has 2 heterocycles. The van der Waals surface area contributed by atoms with Crippen molar-refractivity contribution in [3.8, 4) is 0 Å². The molecule has 3 aromatic rings. The van der Waals surface area contributed by atoms with Crippen LogP contribution < -0.4 is 11.0 Å². The molecule has 0 aliphatic heterocycles. The highest BCUT2D eigenvalue weighted by molar-refractivity contribution is 7.99. The van der Waals surface area contributed by atoms with Crippen LogP contribution in [-0.2, 0) is 23.4 Å². The highest BCUT2D eigenvalue weighted by Crippen LogP contribution is 2.35. The van der Waals surface area contributed by atoms with Crippen LogP contribution in [0.3, 0.4) is 0 Å². The zero-order valence-corrected chi connectivity index (χ0v) is 17.9. The molecule has 4 rings (SSSR count). The van der Waals surface area contributed by atoms with Gasteiger partial charge in [-0.25, -0.2) is 0 Å². The molecule has 1 amide bonds. The lowest BCUT2D eigenvalue weighted by Gasteiger charge is -2.17. The number of nitrogens with zero attached hydrogens (tertiary/aromatic N) is 1. The summed E-state index contributed by atoms with van der Waals surface area (Å²) in [6, 6.07) is 9.98. The monoisotopic (exact) mass is 431 g/mol. The molecule has 1 aliphatic rings. The number of amides is 1. The van der Waals surface area contributed by atoms with Crippen molar-refractivity contribution in [1.82, 2.24) is 9.66 Å². The number of aromatic nitrogens is 2. The van der Waals surface area contributed by atoms with E-state index >= 15 is 0 Å². The fourth-order valence-corrected chi connectivity index (χ4v) is 5.99. The maximum absolute atomic E-state index is 13.1. The lowest BCUT2D eigenvalue weighted by atomic mass is 9.89. The second-order valence-corrected chi connectivity index (χ2v) is 9.62. The molecule has 28 heavy (non-hydrogen) atoms. The van der Waals surface area contributed by atoms with Gasteiger partial charge < -0.3 is 4.98 Å². The lowest BCUT2D eigenvalue weighted by molar-refractivity contribution is -0.114. The van der Waals surface area contributed by atoms with Crippen LogP contribution in [0, 0.1) is 10.7 Å². The number of carbonyl (C=O) groups excluding carboxylic acids is 1. The Hall–Kier alpha value is -1.90. The molecular weight excluding hydrogens is 410 g/mol. The average Bonchev–Trinajstić information content (AvgIpc) is 3.03. The summed E-state index contributed by atoms with van der Waals surface area (Å²) in [6.07, 6.45) is 2.98. The van der Waals surface area contributed by atoms with Crippen molar-refractivity contribution in [2.24, 2.45) is 5.92 Å². The number of carbonyl (C=O) groups is 1. The van der Waals surface area contributed by atoms with Gasteiger partial charge in [0.15, 0.2) is 0 Å². The summed E-state index contributed by atoms with van der Waals surface area (Å²) in [5.41, 5.74) is 4.73. The summed E-state index contributed by atoms with van der Waals surface area (Å²) in [4.78, 5) is 30.6. The summed E-state index contributed by atoms with van der Waals surface area (Å²) in [6.45, 7) is 2.24. The van der Waals surface area contributed by atoms with E-state index in [2.05, 4.69) is 17.3 Å². The van der Waals surface area contributed by atoms with Gasteiger partial charge in [-0.15, -0.1) is 23.1 Å². The summed E-state index contributed by atoms with van der Waals surface area (Å²) in [5, 5.41) is 0.678. The molecule has 146 valence electrons. The molecule has 8 heteroatoms. The van der Waals surface area contributed by atoms with Gasteiger partial charge in [0.1, 0.15) is 4.83 Å². The Kier molecular flexibility index (Phi) is 5.70. The Morgan fingerprint density at radius 1 is 1.39 bits per heavy atom. The molecule has 0 radical (unpaired) electrons.